The van der Waals surface area contributed by atoms with Gasteiger partial charge in [0.2, 0.25) is 0 Å². The number of para-hydroxylation sites is 6. The van der Waals surface area contributed by atoms with Gasteiger partial charge < -0.3 is 14.7 Å². The van der Waals surface area contributed by atoms with Gasteiger partial charge in [-0.2, -0.15) is 0 Å². The second-order valence-electron chi connectivity index (χ2n) is 15.3. The van der Waals surface area contributed by atoms with Crippen molar-refractivity contribution in [2.75, 3.05) is 14.7 Å². The van der Waals surface area contributed by atoms with Crippen LogP contribution < -0.4 is 14.7 Å². The number of thiophene rings is 1. The lowest BCUT2D eigenvalue weighted by Crippen LogP contribution is -2.15. The molecule has 0 saturated heterocycles. The van der Waals surface area contributed by atoms with Gasteiger partial charge in [0, 0.05) is 55.0 Å². The van der Waals surface area contributed by atoms with Crippen molar-refractivity contribution in [1.82, 2.24) is 0 Å². The van der Waals surface area contributed by atoms with E-state index >= 15 is 0 Å². The maximum Gasteiger partial charge on any atom is 0.126 e. The molecular weight excluding hydrogens is 771 g/mol. The highest BCUT2D eigenvalue weighted by Crippen LogP contribution is 2.55. The zero-order valence-electron chi connectivity index (χ0n) is 33.9. The number of hydrogen-bond donors (Lipinski definition) is 0. The number of anilines is 9. The SMILES string of the molecule is c1ccc(N(c2ccccc2)c2sc3cc(-c4c5ccccc5c(N(c5ccccc5)c5ccccc5)c5ccccc45)ccc3c2N(c2ccccc2)c2ccccc2)cc1. The van der Waals surface area contributed by atoms with Crippen LogP contribution >= 0.6 is 11.3 Å². The summed E-state index contributed by atoms with van der Waals surface area (Å²) in [6.07, 6.45) is 0. The summed E-state index contributed by atoms with van der Waals surface area (Å²) in [5, 5.41) is 7.12. The highest BCUT2D eigenvalue weighted by molar-refractivity contribution is 7.24. The van der Waals surface area contributed by atoms with Crippen molar-refractivity contribution >= 4 is 93.5 Å². The van der Waals surface area contributed by atoms with E-state index < -0.39 is 0 Å². The average molecular weight is 812 g/mol. The largest absolute Gasteiger partial charge is 0.309 e. The third-order valence-electron chi connectivity index (χ3n) is 11.6. The van der Waals surface area contributed by atoms with Gasteiger partial charge in [-0.25, -0.2) is 0 Å². The van der Waals surface area contributed by atoms with E-state index in [0.29, 0.717) is 0 Å². The van der Waals surface area contributed by atoms with Crippen LogP contribution in [0.25, 0.3) is 42.8 Å². The molecular formula is C58H41N3S. The lowest BCUT2D eigenvalue weighted by Gasteiger charge is -2.31. The highest BCUT2D eigenvalue weighted by Gasteiger charge is 2.28. The molecule has 11 rings (SSSR count). The second-order valence-corrected chi connectivity index (χ2v) is 16.3. The Morgan fingerprint density at radius 2 is 0.581 bits per heavy atom. The Bertz CT molecular complexity index is 3110. The summed E-state index contributed by atoms with van der Waals surface area (Å²) in [6.45, 7) is 0. The van der Waals surface area contributed by atoms with Crippen LogP contribution in [0.2, 0.25) is 0 Å². The molecule has 1 heterocycles. The van der Waals surface area contributed by atoms with E-state index in [1.807, 2.05) is 11.3 Å². The first-order valence-corrected chi connectivity index (χ1v) is 21.8. The molecule has 0 spiro atoms. The van der Waals surface area contributed by atoms with Crippen LogP contribution in [0.5, 0.6) is 0 Å². The fourth-order valence-corrected chi connectivity index (χ4v) is 10.2. The summed E-state index contributed by atoms with van der Waals surface area (Å²) in [4.78, 5) is 7.26. The zero-order valence-corrected chi connectivity index (χ0v) is 34.7. The molecule has 0 aliphatic rings. The van der Waals surface area contributed by atoms with Gasteiger partial charge in [-0.1, -0.05) is 170 Å². The smallest absolute Gasteiger partial charge is 0.126 e. The highest BCUT2D eigenvalue weighted by atomic mass is 32.1. The van der Waals surface area contributed by atoms with Crippen molar-refractivity contribution in [3.63, 3.8) is 0 Å². The molecule has 4 heteroatoms. The molecule has 0 bridgehead atoms. The lowest BCUT2D eigenvalue weighted by molar-refractivity contribution is 1.26. The summed E-state index contributed by atoms with van der Waals surface area (Å²) in [6, 6.07) is 89.4. The maximum absolute atomic E-state index is 2.43. The zero-order chi connectivity index (χ0) is 41.2. The quantitative estimate of drug-likeness (QED) is 0.127. The summed E-state index contributed by atoms with van der Waals surface area (Å²) in [5.74, 6) is 0. The first-order chi connectivity index (χ1) is 30.8. The molecule has 0 saturated carbocycles. The van der Waals surface area contributed by atoms with Crippen molar-refractivity contribution < 1.29 is 0 Å². The third-order valence-corrected chi connectivity index (χ3v) is 12.7. The van der Waals surface area contributed by atoms with E-state index in [4.69, 9.17) is 0 Å². The molecule has 0 unspecified atom stereocenters. The molecule has 62 heavy (non-hydrogen) atoms. The first-order valence-electron chi connectivity index (χ1n) is 21.0. The van der Waals surface area contributed by atoms with Crippen molar-refractivity contribution in [3.8, 4) is 11.1 Å². The van der Waals surface area contributed by atoms with E-state index in [1.54, 1.807) is 0 Å². The predicted molar refractivity (Wildman–Crippen MR) is 266 cm³/mol. The van der Waals surface area contributed by atoms with Crippen LogP contribution in [-0.2, 0) is 0 Å². The molecule has 0 atom stereocenters. The van der Waals surface area contributed by atoms with E-state index in [2.05, 4.69) is 263 Å². The Hall–Kier alpha value is -7.92. The van der Waals surface area contributed by atoms with Crippen LogP contribution in [0.1, 0.15) is 0 Å². The van der Waals surface area contributed by atoms with Crippen LogP contribution in [0, 0.1) is 0 Å². The summed E-state index contributed by atoms with van der Waals surface area (Å²) in [7, 11) is 0. The van der Waals surface area contributed by atoms with E-state index in [1.165, 1.54) is 48.4 Å². The summed E-state index contributed by atoms with van der Waals surface area (Å²) >= 11 is 1.84. The molecule has 0 aliphatic heterocycles. The summed E-state index contributed by atoms with van der Waals surface area (Å²) in [5.41, 5.74) is 11.3. The normalized spacial score (nSPS) is 11.2. The van der Waals surface area contributed by atoms with Gasteiger partial charge >= 0.3 is 0 Å². The van der Waals surface area contributed by atoms with Gasteiger partial charge in [0.1, 0.15) is 5.00 Å². The van der Waals surface area contributed by atoms with Crippen LogP contribution in [0.4, 0.5) is 50.5 Å². The van der Waals surface area contributed by atoms with Gasteiger partial charge in [0.15, 0.2) is 0 Å². The van der Waals surface area contributed by atoms with Crippen molar-refractivity contribution in [3.05, 3.63) is 249 Å². The first kappa shape index (κ1) is 37.1. The lowest BCUT2D eigenvalue weighted by atomic mass is 9.89. The number of nitrogens with zero attached hydrogens (tertiary/aromatic N) is 3. The van der Waals surface area contributed by atoms with Crippen LogP contribution in [-0.4, -0.2) is 0 Å². The van der Waals surface area contributed by atoms with Gasteiger partial charge in [-0.3, -0.25) is 0 Å². The van der Waals surface area contributed by atoms with Crippen LogP contribution in [0.15, 0.2) is 249 Å². The monoisotopic (exact) mass is 811 g/mol. The standard InChI is InChI=1S/C58H41N3S/c1-7-23-43(24-8-1)59(44-25-9-2-10-26-44)56-51-37-21-19-35-49(51)55(50-36-20-22-38-52(50)56)42-39-40-53-54(41-42)62-58(61(47-31-15-5-16-32-47)48-33-17-6-18-34-48)57(53)60(45-27-11-3-12-28-45)46-29-13-4-14-30-46/h1-41H. The molecule has 10 aromatic carbocycles. The Balaban J connectivity index is 1.20. The third kappa shape index (κ3) is 6.64. The molecule has 3 nitrogen and oxygen atoms in total. The number of benzene rings is 10. The molecule has 0 N–H and O–H groups in total. The fraction of sp³-hybridized carbons (Fsp3) is 0. The Morgan fingerprint density at radius 3 is 0.968 bits per heavy atom. The number of rotatable bonds is 10. The van der Waals surface area contributed by atoms with Gasteiger partial charge in [-0.15, -0.1) is 11.3 Å². The topological polar surface area (TPSA) is 9.72 Å². The van der Waals surface area contributed by atoms with Crippen molar-refractivity contribution in [1.29, 1.82) is 0 Å². The van der Waals surface area contributed by atoms with Gasteiger partial charge in [0.05, 0.1) is 11.4 Å². The molecule has 0 amide bonds. The van der Waals surface area contributed by atoms with Crippen LogP contribution in [0.3, 0.4) is 0 Å². The molecule has 0 radical (unpaired) electrons. The van der Waals surface area contributed by atoms with Gasteiger partial charge in [-0.05, 0) is 101 Å². The minimum atomic E-state index is 1.10. The van der Waals surface area contributed by atoms with Crippen molar-refractivity contribution in [2.45, 2.75) is 0 Å². The predicted octanol–water partition coefficient (Wildman–Crippen LogP) is 17.3. The second kappa shape index (κ2) is 16.3. The molecule has 1 aromatic heterocycles. The average Bonchev–Trinajstić information content (AvgIpc) is 3.71. The minimum absolute atomic E-state index is 1.10. The summed E-state index contributed by atoms with van der Waals surface area (Å²) < 4.78 is 1.20. The maximum atomic E-state index is 2.43. The fourth-order valence-electron chi connectivity index (χ4n) is 8.91. The Labute approximate surface area is 366 Å². The molecule has 11 aromatic rings. The van der Waals surface area contributed by atoms with E-state index in [-0.39, 0.29) is 0 Å². The van der Waals surface area contributed by atoms with E-state index in [9.17, 15) is 0 Å². The Kier molecular flexibility index (Phi) is 9.74. The van der Waals surface area contributed by atoms with Gasteiger partial charge in [0.25, 0.3) is 0 Å². The number of fused-ring (bicyclic) bond motifs is 3. The minimum Gasteiger partial charge on any atom is -0.309 e. The molecule has 294 valence electrons. The molecule has 0 fully saturated rings. The van der Waals surface area contributed by atoms with Crippen molar-refractivity contribution in [2.24, 2.45) is 0 Å². The Morgan fingerprint density at radius 1 is 0.258 bits per heavy atom. The van der Waals surface area contributed by atoms with E-state index in [0.717, 1.165) is 44.8 Å². The number of hydrogen-bond acceptors (Lipinski definition) is 4. The molecule has 0 aliphatic carbocycles.